The van der Waals surface area contributed by atoms with Gasteiger partial charge in [0.25, 0.3) is 0 Å². The van der Waals surface area contributed by atoms with Crippen molar-refractivity contribution in [2.45, 2.75) is 18.2 Å². The molecule has 0 atom stereocenters. The Morgan fingerprint density at radius 1 is 1.04 bits per heavy atom. The molecule has 0 saturated heterocycles. The molecule has 1 amide bonds. The first-order valence-corrected chi connectivity index (χ1v) is 9.75. The average molecular weight is 361 g/mol. The van der Waals surface area contributed by atoms with Crippen molar-refractivity contribution >= 4 is 15.7 Å². The lowest BCUT2D eigenvalue weighted by Crippen LogP contribution is -2.32. The van der Waals surface area contributed by atoms with Crippen LogP contribution in [-0.4, -0.2) is 45.2 Å². The maximum absolute atomic E-state index is 12.3. The van der Waals surface area contributed by atoms with Crippen LogP contribution in [0.2, 0.25) is 0 Å². The number of para-hydroxylation sites is 1. The number of rotatable bonds is 8. The Hall–Kier alpha value is -2.34. The molecule has 5 nitrogen and oxygen atoms in total. The number of ether oxygens (including phenoxy) is 1. The smallest absolute Gasteiger partial charge is 0.223 e. The third-order valence-electron chi connectivity index (χ3n) is 3.83. The molecule has 0 spiro atoms. The summed E-state index contributed by atoms with van der Waals surface area (Å²) in [4.78, 5) is 13.9. The van der Waals surface area contributed by atoms with E-state index in [1.165, 1.54) is 4.90 Å². The number of amides is 1. The molecule has 0 aliphatic heterocycles. The maximum atomic E-state index is 12.3. The van der Waals surface area contributed by atoms with Gasteiger partial charge in [0, 0.05) is 13.5 Å². The van der Waals surface area contributed by atoms with E-state index in [2.05, 4.69) is 0 Å². The average Bonchev–Trinajstić information content (AvgIpc) is 2.61. The standard InChI is InChI=1S/C19H23NO4S/c1-16-8-10-18(11-9-16)25(22,23)15-12-19(21)20(2)13-14-24-17-6-4-3-5-7-17/h3-11H,12-15H2,1-2H3. The van der Waals surface area contributed by atoms with Gasteiger partial charge in [0.2, 0.25) is 5.91 Å². The molecule has 0 bridgehead atoms. The van der Waals surface area contributed by atoms with Crippen LogP contribution in [-0.2, 0) is 14.6 Å². The first kappa shape index (κ1) is 19.0. The molecule has 0 unspecified atom stereocenters. The molecule has 0 fully saturated rings. The molecule has 2 aromatic rings. The predicted octanol–water partition coefficient (Wildman–Crippen LogP) is 2.70. The number of hydrogen-bond donors (Lipinski definition) is 0. The molecular formula is C19H23NO4S. The third kappa shape index (κ3) is 5.90. The van der Waals surface area contributed by atoms with Gasteiger partial charge in [0.05, 0.1) is 17.2 Å². The van der Waals surface area contributed by atoms with Gasteiger partial charge in [-0.1, -0.05) is 35.9 Å². The lowest BCUT2D eigenvalue weighted by molar-refractivity contribution is -0.129. The molecule has 25 heavy (non-hydrogen) atoms. The summed E-state index contributed by atoms with van der Waals surface area (Å²) in [6.45, 7) is 2.65. The van der Waals surface area contributed by atoms with Crippen LogP contribution in [0.4, 0.5) is 0 Å². The van der Waals surface area contributed by atoms with Gasteiger partial charge in [-0.25, -0.2) is 8.42 Å². The lowest BCUT2D eigenvalue weighted by Gasteiger charge is -2.17. The monoisotopic (exact) mass is 361 g/mol. The lowest BCUT2D eigenvalue weighted by atomic mass is 10.2. The third-order valence-corrected chi connectivity index (χ3v) is 5.56. The van der Waals surface area contributed by atoms with Gasteiger partial charge in [-0.3, -0.25) is 4.79 Å². The predicted molar refractivity (Wildman–Crippen MR) is 97.4 cm³/mol. The number of carbonyl (C=O) groups excluding carboxylic acids is 1. The summed E-state index contributed by atoms with van der Waals surface area (Å²) >= 11 is 0. The molecule has 0 N–H and O–H groups in total. The first-order chi connectivity index (χ1) is 11.9. The summed E-state index contributed by atoms with van der Waals surface area (Å²) in [5.41, 5.74) is 0.994. The molecule has 0 heterocycles. The Labute approximate surface area is 149 Å². The topological polar surface area (TPSA) is 63.7 Å². The van der Waals surface area contributed by atoms with Gasteiger partial charge in [-0.2, -0.15) is 0 Å². The molecule has 6 heteroatoms. The highest BCUT2D eigenvalue weighted by atomic mass is 32.2. The molecule has 0 radical (unpaired) electrons. The van der Waals surface area contributed by atoms with Crippen molar-refractivity contribution in [3.63, 3.8) is 0 Å². The molecule has 0 aliphatic carbocycles. The second-order valence-electron chi connectivity index (χ2n) is 5.86. The Morgan fingerprint density at radius 2 is 1.68 bits per heavy atom. The van der Waals surface area contributed by atoms with Crippen molar-refractivity contribution in [2.75, 3.05) is 26.0 Å². The summed E-state index contributed by atoms with van der Waals surface area (Å²) in [5.74, 6) is 0.330. The van der Waals surface area contributed by atoms with Gasteiger partial charge in [0.1, 0.15) is 12.4 Å². The van der Waals surface area contributed by atoms with Crippen molar-refractivity contribution in [1.82, 2.24) is 4.90 Å². The van der Waals surface area contributed by atoms with Crippen LogP contribution in [0.3, 0.4) is 0 Å². The SMILES string of the molecule is Cc1ccc(S(=O)(=O)CCC(=O)N(C)CCOc2ccccc2)cc1. The van der Waals surface area contributed by atoms with Crippen LogP contribution in [0, 0.1) is 6.92 Å². The van der Waals surface area contributed by atoms with Crippen LogP contribution >= 0.6 is 0 Å². The van der Waals surface area contributed by atoms with Crippen molar-refractivity contribution < 1.29 is 17.9 Å². The Kier molecular flexibility index (Phi) is 6.58. The highest BCUT2D eigenvalue weighted by molar-refractivity contribution is 7.91. The van der Waals surface area contributed by atoms with Crippen molar-refractivity contribution in [3.8, 4) is 5.75 Å². The van der Waals surface area contributed by atoms with E-state index in [-0.39, 0.29) is 23.0 Å². The highest BCUT2D eigenvalue weighted by Gasteiger charge is 2.18. The number of benzene rings is 2. The number of carbonyl (C=O) groups is 1. The Morgan fingerprint density at radius 3 is 2.32 bits per heavy atom. The van der Waals surface area contributed by atoms with E-state index in [1.807, 2.05) is 37.3 Å². The summed E-state index contributed by atoms with van der Waals surface area (Å²) in [7, 11) is -1.80. The van der Waals surface area contributed by atoms with E-state index in [0.717, 1.165) is 11.3 Å². The number of likely N-dealkylation sites (N-methyl/N-ethyl adjacent to an activating group) is 1. The minimum atomic E-state index is -3.45. The van der Waals surface area contributed by atoms with Crippen LogP contribution in [0.5, 0.6) is 5.75 Å². The highest BCUT2D eigenvalue weighted by Crippen LogP contribution is 2.13. The van der Waals surface area contributed by atoms with E-state index in [1.54, 1.807) is 31.3 Å². The largest absolute Gasteiger partial charge is 0.492 e. The summed E-state index contributed by atoms with van der Waals surface area (Å²) in [6, 6.07) is 16.0. The zero-order valence-corrected chi connectivity index (χ0v) is 15.3. The van der Waals surface area contributed by atoms with Crippen molar-refractivity contribution in [3.05, 3.63) is 60.2 Å². The number of aryl methyl sites for hydroxylation is 1. The van der Waals surface area contributed by atoms with Crippen LogP contribution in [0.25, 0.3) is 0 Å². The maximum Gasteiger partial charge on any atom is 0.223 e. The van der Waals surface area contributed by atoms with Gasteiger partial charge in [-0.05, 0) is 31.2 Å². The van der Waals surface area contributed by atoms with Gasteiger partial charge in [0.15, 0.2) is 9.84 Å². The number of nitrogens with zero attached hydrogens (tertiary/aromatic N) is 1. The second-order valence-corrected chi connectivity index (χ2v) is 7.97. The minimum absolute atomic E-state index is 0.0436. The molecule has 0 saturated carbocycles. The fraction of sp³-hybridized carbons (Fsp3) is 0.316. The van der Waals surface area contributed by atoms with Gasteiger partial charge in [-0.15, -0.1) is 0 Å². The van der Waals surface area contributed by atoms with Gasteiger partial charge >= 0.3 is 0 Å². The zero-order chi connectivity index (χ0) is 18.3. The van der Waals surface area contributed by atoms with E-state index in [9.17, 15) is 13.2 Å². The molecular weight excluding hydrogens is 338 g/mol. The number of sulfone groups is 1. The van der Waals surface area contributed by atoms with E-state index >= 15 is 0 Å². The van der Waals surface area contributed by atoms with Crippen molar-refractivity contribution in [2.24, 2.45) is 0 Å². The molecule has 134 valence electrons. The summed E-state index contributed by atoms with van der Waals surface area (Å²) in [6.07, 6.45) is -0.0436. The quantitative estimate of drug-likeness (QED) is 0.725. The van der Waals surface area contributed by atoms with E-state index < -0.39 is 9.84 Å². The van der Waals surface area contributed by atoms with Crippen LogP contribution < -0.4 is 4.74 Å². The first-order valence-electron chi connectivity index (χ1n) is 8.10. The minimum Gasteiger partial charge on any atom is -0.492 e. The van der Waals surface area contributed by atoms with E-state index in [4.69, 9.17) is 4.74 Å². The Balaban J connectivity index is 1.79. The second kappa shape index (κ2) is 8.67. The fourth-order valence-corrected chi connectivity index (χ4v) is 3.45. The molecule has 2 aromatic carbocycles. The van der Waals surface area contributed by atoms with Crippen molar-refractivity contribution in [1.29, 1.82) is 0 Å². The fourth-order valence-electron chi connectivity index (χ4n) is 2.22. The van der Waals surface area contributed by atoms with Crippen LogP contribution in [0.15, 0.2) is 59.5 Å². The van der Waals surface area contributed by atoms with Crippen LogP contribution in [0.1, 0.15) is 12.0 Å². The molecule has 0 aliphatic rings. The van der Waals surface area contributed by atoms with E-state index in [0.29, 0.717) is 13.2 Å². The van der Waals surface area contributed by atoms with Gasteiger partial charge < -0.3 is 9.64 Å². The molecule has 2 rings (SSSR count). The number of hydrogen-bond acceptors (Lipinski definition) is 4. The Bertz CT molecular complexity index is 786. The normalized spacial score (nSPS) is 11.1. The summed E-state index contributed by atoms with van der Waals surface area (Å²) < 4.78 is 30.1. The molecule has 0 aromatic heterocycles. The summed E-state index contributed by atoms with van der Waals surface area (Å²) in [5, 5.41) is 0. The zero-order valence-electron chi connectivity index (χ0n) is 14.5.